The van der Waals surface area contributed by atoms with Crippen LogP contribution >= 0.6 is 24.0 Å². The van der Waals surface area contributed by atoms with Crippen LogP contribution in [0.3, 0.4) is 0 Å². The summed E-state index contributed by atoms with van der Waals surface area (Å²) in [6, 6.07) is 11.4. The second kappa shape index (κ2) is 11.5. The highest BCUT2D eigenvalue weighted by molar-refractivity contribution is 14.0. The number of nitrogens with one attached hydrogen (secondary N) is 2. The molecule has 1 aromatic carbocycles. The van der Waals surface area contributed by atoms with Crippen LogP contribution in [0.4, 0.5) is 0 Å². The standard InChI is InChI=1S/C23H39N5.HI/c1-5-24-22(26-18-23(11-12-23)20-9-7-6-8-10-20)25-17-21(19(2)3)28-15-13-27(4)14-16-28;/h6-10,19,21H,5,11-18H2,1-4H3,(H2,24,25,26);1H. The minimum absolute atomic E-state index is 0. The molecule has 2 fully saturated rings. The van der Waals surface area contributed by atoms with Gasteiger partial charge in [-0.05, 0) is 38.3 Å². The van der Waals surface area contributed by atoms with Gasteiger partial charge in [-0.2, -0.15) is 0 Å². The molecule has 1 heterocycles. The summed E-state index contributed by atoms with van der Waals surface area (Å²) in [4.78, 5) is 10.0. The van der Waals surface area contributed by atoms with E-state index in [-0.39, 0.29) is 29.4 Å². The maximum Gasteiger partial charge on any atom is 0.191 e. The summed E-state index contributed by atoms with van der Waals surface area (Å²) in [7, 11) is 2.22. The fourth-order valence-corrected chi connectivity index (χ4v) is 4.19. The van der Waals surface area contributed by atoms with Gasteiger partial charge >= 0.3 is 0 Å². The van der Waals surface area contributed by atoms with Gasteiger partial charge in [0.15, 0.2) is 5.96 Å². The van der Waals surface area contributed by atoms with Gasteiger partial charge in [-0.1, -0.05) is 44.2 Å². The summed E-state index contributed by atoms with van der Waals surface area (Å²) in [6.45, 7) is 14.2. The van der Waals surface area contributed by atoms with Crippen molar-refractivity contribution in [3.05, 3.63) is 35.9 Å². The SMILES string of the molecule is CCNC(=NCC1(c2ccccc2)CC1)NCC(C(C)C)N1CCN(C)CC1.I. The molecule has 1 saturated carbocycles. The number of piperazine rings is 1. The van der Waals surface area contributed by atoms with Crippen molar-refractivity contribution in [3.63, 3.8) is 0 Å². The molecular weight excluding hydrogens is 473 g/mol. The van der Waals surface area contributed by atoms with Crippen molar-refractivity contribution in [1.82, 2.24) is 20.4 Å². The molecule has 1 unspecified atom stereocenters. The first-order valence-electron chi connectivity index (χ1n) is 11.0. The molecule has 1 aliphatic heterocycles. The molecule has 0 spiro atoms. The van der Waals surface area contributed by atoms with E-state index in [1.807, 2.05) is 0 Å². The number of nitrogens with zero attached hydrogens (tertiary/aromatic N) is 3. The van der Waals surface area contributed by atoms with Crippen LogP contribution < -0.4 is 10.6 Å². The van der Waals surface area contributed by atoms with Gasteiger partial charge < -0.3 is 15.5 Å². The van der Waals surface area contributed by atoms with Crippen molar-refractivity contribution < 1.29 is 0 Å². The van der Waals surface area contributed by atoms with Gasteiger partial charge in [-0.3, -0.25) is 9.89 Å². The first-order chi connectivity index (χ1) is 13.5. The molecule has 0 amide bonds. The van der Waals surface area contributed by atoms with Crippen LogP contribution in [0.25, 0.3) is 0 Å². The third-order valence-corrected chi connectivity index (χ3v) is 6.38. The van der Waals surface area contributed by atoms with Gasteiger partial charge in [-0.25, -0.2) is 0 Å². The smallest absolute Gasteiger partial charge is 0.191 e. The number of rotatable bonds is 8. The molecule has 3 rings (SSSR count). The quantitative estimate of drug-likeness (QED) is 0.319. The van der Waals surface area contributed by atoms with Crippen molar-refractivity contribution in [3.8, 4) is 0 Å². The van der Waals surface area contributed by atoms with Crippen molar-refractivity contribution in [1.29, 1.82) is 0 Å². The van der Waals surface area contributed by atoms with Crippen molar-refractivity contribution in [2.45, 2.75) is 45.1 Å². The van der Waals surface area contributed by atoms with Crippen molar-refractivity contribution in [2.75, 3.05) is 52.9 Å². The molecule has 2 aliphatic rings. The summed E-state index contributed by atoms with van der Waals surface area (Å²) in [6.07, 6.45) is 2.49. The minimum Gasteiger partial charge on any atom is -0.357 e. The largest absolute Gasteiger partial charge is 0.357 e. The number of aliphatic imine (C=N–C) groups is 1. The average molecular weight is 514 g/mol. The zero-order valence-corrected chi connectivity index (χ0v) is 21.0. The second-order valence-electron chi connectivity index (χ2n) is 8.87. The predicted molar refractivity (Wildman–Crippen MR) is 134 cm³/mol. The maximum atomic E-state index is 4.98. The van der Waals surface area contributed by atoms with Crippen LogP contribution in [0.1, 0.15) is 39.2 Å². The third kappa shape index (κ3) is 6.82. The third-order valence-electron chi connectivity index (χ3n) is 6.38. The van der Waals surface area contributed by atoms with Gasteiger partial charge in [0.25, 0.3) is 0 Å². The predicted octanol–water partition coefficient (Wildman–Crippen LogP) is 3.16. The number of halogens is 1. The second-order valence-corrected chi connectivity index (χ2v) is 8.87. The van der Waals surface area contributed by atoms with Crippen LogP contribution in [0.15, 0.2) is 35.3 Å². The number of guanidine groups is 1. The van der Waals surface area contributed by atoms with Crippen LogP contribution in [0, 0.1) is 5.92 Å². The lowest BCUT2D eigenvalue weighted by Gasteiger charge is -2.40. The summed E-state index contributed by atoms with van der Waals surface area (Å²) in [5.41, 5.74) is 1.70. The molecule has 5 nitrogen and oxygen atoms in total. The molecule has 0 radical (unpaired) electrons. The Hall–Kier alpha value is -0.860. The molecule has 1 aliphatic carbocycles. The van der Waals surface area contributed by atoms with E-state index in [9.17, 15) is 0 Å². The number of hydrogen-bond acceptors (Lipinski definition) is 3. The molecule has 29 heavy (non-hydrogen) atoms. The van der Waals surface area contributed by atoms with E-state index in [1.54, 1.807) is 0 Å². The molecule has 1 atom stereocenters. The highest BCUT2D eigenvalue weighted by Gasteiger charge is 2.44. The highest BCUT2D eigenvalue weighted by Crippen LogP contribution is 2.48. The van der Waals surface area contributed by atoms with Gasteiger partial charge in [-0.15, -0.1) is 24.0 Å². The fourth-order valence-electron chi connectivity index (χ4n) is 4.19. The lowest BCUT2D eigenvalue weighted by Crippen LogP contribution is -2.55. The lowest BCUT2D eigenvalue weighted by atomic mass is 9.96. The topological polar surface area (TPSA) is 42.9 Å². The van der Waals surface area contributed by atoms with Crippen molar-refractivity contribution >= 4 is 29.9 Å². The summed E-state index contributed by atoms with van der Waals surface area (Å²) in [5.74, 6) is 1.59. The van der Waals surface area contributed by atoms with Crippen LogP contribution in [-0.2, 0) is 5.41 Å². The highest BCUT2D eigenvalue weighted by atomic mass is 127. The Morgan fingerprint density at radius 1 is 1.07 bits per heavy atom. The molecule has 164 valence electrons. The first kappa shape index (κ1) is 24.4. The first-order valence-corrected chi connectivity index (χ1v) is 11.0. The Kier molecular flexibility index (Phi) is 9.69. The van der Waals surface area contributed by atoms with Gasteiger partial charge in [0, 0.05) is 50.7 Å². The van der Waals surface area contributed by atoms with Crippen LogP contribution in [0.2, 0.25) is 0 Å². The number of benzene rings is 1. The molecule has 1 aromatic rings. The zero-order valence-electron chi connectivity index (χ0n) is 18.7. The lowest BCUT2D eigenvalue weighted by molar-refractivity contribution is 0.0900. The summed E-state index contributed by atoms with van der Waals surface area (Å²) in [5, 5.41) is 7.10. The molecule has 2 N–H and O–H groups in total. The van der Waals surface area contributed by atoms with E-state index in [4.69, 9.17) is 4.99 Å². The Morgan fingerprint density at radius 2 is 1.72 bits per heavy atom. The van der Waals surface area contributed by atoms with E-state index >= 15 is 0 Å². The Labute approximate surface area is 194 Å². The van der Waals surface area contributed by atoms with Gasteiger partial charge in [0.2, 0.25) is 0 Å². The van der Waals surface area contributed by atoms with Crippen LogP contribution in [-0.4, -0.2) is 74.7 Å². The normalized spacial score (nSPS) is 20.8. The minimum atomic E-state index is 0. The van der Waals surface area contributed by atoms with Gasteiger partial charge in [0.1, 0.15) is 0 Å². The maximum absolute atomic E-state index is 4.98. The van der Waals surface area contributed by atoms with E-state index in [0.717, 1.165) is 51.8 Å². The Bertz CT molecular complexity index is 621. The van der Waals surface area contributed by atoms with E-state index < -0.39 is 0 Å². The number of likely N-dealkylation sites (N-methyl/N-ethyl adjacent to an activating group) is 1. The van der Waals surface area contributed by atoms with E-state index in [1.165, 1.54) is 18.4 Å². The average Bonchev–Trinajstić information content (AvgIpc) is 3.49. The fraction of sp³-hybridized carbons (Fsp3) is 0.696. The number of hydrogen-bond donors (Lipinski definition) is 2. The Morgan fingerprint density at radius 3 is 2.28 bits per heavy atom. The monoisotopic (exact) mass is 513 g/mol. The Balaban J connectivity index is 0.00000300. The molecule has 0 aromatic heterocycles. The van der Waals surface area contributed by atoms with E-state index in [0.29, 0.717) is 12.0 Å². The summed E-state index contributed by atoms with van der Waals surface area (Å²) >= 11 is 0. The molecule has 0 bridgehead atoms. The van der Waals surface area contributed by atoms with Crippen molar-refractivity contribution in [2.24, 2.45) is 10.9 Å². The molecular formula is C23H40IN5. The van der Waals surface area contributed by atoms with E-state index in [2.05, 4.69) is 78.6 Å². The molecule has 6 heteroatoms. The van der Waals surface area contributed by atoms with Gasteiger partial charge in [0.05, 0.1) is 6.54 Å². The summed E-state index contributed by atoms with van der Waals surface area (Å²) < 4.78 is 0. The molecule has 1 saturated heterocycles. The zero-order chi connectivity index (χ0) is 20.0. The van der Waals surface area contributed by atoms with Crippen LogP contribution in [0.5, 0.6) is 0 Å².